The van der Waals surface area contributed by atoms with Crippen LogP contribution in [0.1, 0.15) is 29.1 Å². The van der Waals surface area contributed by atoms with Gasteiger partial charge in [-0.3, -0.25) is 14.4 Å². The fourth-order valence-corrected chi connectivity index (χ4v) is 2.89. The third kappa shape index (κ3) is 3.76. The summed E-state index contributed by atoms with van der Waals surface area (Å²) in [6.45, 7) is 0.647. The molecule has 2 aromatic carbocycles. The Morgan fingerprint density at radius 3 is 2.37 bits per heavy atom. The molecule has 1 heterocycles. The normalized spacial score (nSPS) is 12.6. The van der Waals surface area contributed by atoms with Crippen molar-refractivity contribution in [3.63, 3.8) is 0 Å². The van der Waals surface area contributed by atoms with Crippen LogP contribution in [0.3, 0.4) is 0 Å². The highest BCUT2D eigenvalue weighted by atomic mass is 19.3. The minimum Gasteiger partial charge on any atom is -0.505 e. The van der Waals surface area contributed by atoms with Crippen LogP contribution in [0.4, 0.5) is 25.8 Å². The van der Waals surface area contributed by atoms with E-state index in [9.17, 15) is 28.3 Å². The molecular weight excluding hydrogens is 400 g/mol. The van der Waals surface area contributed by atoms with E-state index in [2.05, 4.69) is 10.6 Å². The first-order valence-corrected chi connectivity index (χ1v) is 8.84. The summed E-state index contributed by atoms with van der Waals surface area (Å²) < 4.78 is 33.2. The molecule has 1 atom stereocenters. The van der Waals surface area contributed by atoms with Crippen LogP contribution in [-0.4, -0.2) is 35.9 Å². The number of alkyl halides is 2. The van der Waals surface area contributed by atoms with Crippen LogP contribution in [0, 0.1) is 0 Å². The van der Waals surface area contributed by atoms with Gasteiger partial charge in [0.2, 0.25) is 0 Å². The maximum Gasteiger partial charge on any atom is 0.272 e. The number of furan rings is 1. The Morgan fingerprint density at radius 2 is 1.80 bits per heavy atom. The minimum atomic E-state index is -3.32. The molecule has 10 heteroatoms. The topological polar surface area (TPSA) is 112 Å². The molecule has 158 valence electrons. The number of rotatable bonds is 7. The van der Waals surface area contributed by atoms with Crippen LogP contribution < -0.4 is 21.5 Å². The van der Waals surface area contributed by atoms with Crippen LogP contribution in [0.5, 0.6) is 5.75 Å². The lowest BCUT2D eigenvalue weighted by Crippen LogP contribution is -2.40. The van der Waals surface area contributed by atoms with E-state index in [4.69, 9.17) is 4.42 Å². The number of aromatic hydroxyl groups is 1. The molecule has 0 fully saturated rings. The van der Waals surface area contributed by atoms with Gasteiger partial charge in [-0.05, 0) is 24.3 Å². The number of carbonyl (C=O) groups is 1. The van der Waals surface area contributed by atoms with Crippen molar-refractivity contribution in [3.05, 3.63) is 68.4 Å². The van der Waals surface area contributed by atoms with Crippen molar-refractivity contribution in [1.29, 1.82) is 0 Å². The number of benzene rings is 1. The van der Waals surface area contributed by atoms with Crippen LogP contribution in [0.25, 0.3) is 0 Å². The molecule has 0 bridgehead atoms. The number of para-hydroxylation sites is 1. The second-order valence-corrected chi connectivity index (χ2v) is 6.98. The lowest BCUT2D eigenvalue weighted by Gasteiger charge is -2.25. The number of phenolic OH excluding ortho intramolecular Hbond substituents is 1. The molecule has 0 spiro atoms. The number of phenols is 1. The fourth-order valence-electron chi connectivity index (χ4n) is 2.89. The molecule has 0 saturated heterocycles. The lowest BCUT2D eigenvalue weighted by atomic mass is 10.1. The zero-order valence-corrected chi connectivity index (χ0v) is 16.3. The van der Waals surface area contributed by atoms with E-state index < -0.39 is 34.5 Å². The van der Waals surface area contributed by atoms with Gasteiger partial charge in [0.05, 0.1) is 17.5 Å². The van der Waals surface area contributed by atoms with E-state index in [1.165, 1.54) is 55.6 Å². The summed E-state index contributed by atoms with van der Waals surface area (Å²) in [5.41, 5.74) is -2.67. The molecule has 3 N–H and O–H groups in total. The van der Waals surface area contributed by atoms with Crippen LogP contribution in [0.2, 0.25) is 0 Å². The van der Waals surface area contributed by atoms with Crippen molar-refractivity contribution in [2.45, 2.75) is 18.9 Å². The molecule has 0 aliphatic rings. The van der Waals surface area contributed by atoms with Crippen molar-refractivity contribution in [2.75, 3.05) is 24.7 Å². The summed E-state index contributed by atoms with van der Waals surface area (Å²) in [5, 5.41) is 15.3. The molecule has 1 amide bonds. The van der Waals surface area contributed by atoms with Crippen LogP contribution >= 0.6 is 0 Å². The Balaban J connectivity index is 1.95. The molecule has 0 aliphatic carbocycles. The number of amides is 1. The van der Waals surface area contributed by atoms with Gasteiger partial charge in [-0.1, -0.05) is 6.07 Å². The first kappa shape index (κ1) is 21.0. The van der Waals surface area contributed by atoms with Crippen LogP contribution in [0.15, 0.2) is 50.6 Å². The zero-order chi connectivity index (χ0) is 22.2. The van der Waals surface area contributed by atoms with Gasteiger partial charge < -0.3 is 25.1 Å². The third-order valence-corrected chi connectivity index (χ3v) is 4.47. The predicted molar refractivity (Wildman–Crippen MR) is 106 cm³/mol. The second kappa shape index (κ2) is 7.62. The van der Waals surface area contributed by atoms with Gasteiger partial charge in [-0.15, -0.1) is 0 Å². The number of nitrogens with zero attached hydrogens (tertiary/aromatic N) is 1. The summed E-state index contributed by atoms with van der Waals surface area (Å²) in [6.07, 6.45) is 1.21. The van der Waals surface area contributed by atoms with Crippen molar-refractivity contribution >= 4 is 23.0 Å². The van der Waals surface area contributed by atoms with Gasteiger partial charge in [0.25, 0.3) is 22.7 Å². The largest absolute Gasteiger partial charge is 0.505 e. The summed E-state index contributed by atoms with van der Waals surface area (Å²) in [5.74, 6) is -4.38. The molecule has 0 radical (unpaired) electrons. The Bertz CT molecular complexity index is 1140. The molecule has 3 aromatic rings. The highest BCUT2D eigenvalue weighted by Gasteiger charge is 2.39. The van der Waals surface area contributed by atoms with Gasteiger partial charge >= 0.3 is 0 Å². The molecule has 0 aliphatic heterocycles. The maximum atomic E-state index is 14.1. The Morgan fingerprint density at radius 1 is 1.13 bits per heavy atom. The Kier molecular flexibility index (Phi) is 5.34. The lowest BCUT2D eigenvalue weighted by molar-refractivity contribution is -0.00524. The number of halogens is 2. The quantitative estimate of drug-likeness (QED) is 0.399. The summed E-state index contributed by atoms with van der Waals surface area (Å²) in [4.78, 5) is 37.5. The first-order valence-electron chi connectivity index (χ1n) is 8.84. The van der Waals surface area contributed by atoms with Crippen LogP contribution in [-0.2, 0) is 0 Å². The fraction of sp³-hybridized carbons (Fsp3) is 0.250. The number of anilines is 3. The summed E-state index contributed by atoms with van der Waals surface area (Å²) in [6, 6.07) is 5.25. The van der Waals surface area contributed by atoms with Gasteiger partial charge in [-0.2, -0.15) is 0 Å². The number of hydrogen-bond acceptors (Lipinski definition) is 7. The molecule has 0 saturated carbocycles. The number of hydrogen-bond donors (Lipinski definition) is 3. The van der Waals surface area contributed by atoms with Gasteiger partial charge in [-0.25, -0.2) is 8.78 Å². The standard InChI is InChI=1S/C20H19F2N3O5/c1-20(21,22)18(12-8-5-9-30-12)24-14-13(16(27)17(14)28)23-11-7-4-6-10(15(11)26)19(29)25(2)3/h4-9,18,23-24,26H,1-3H3/t18-/m0/s1. The number of carbonyl (C=O) groups excluding carboxylic acids is 1. The van der Waals surface area contributed by atoms with Crippen molar-refractivity contribution in [1.82, 2.24) is 4.90 Å². The second-order valence-electron chi connectivity index (χ2n) is 6.98. The van der Waals surface area contributed by atoms with Gasteiger partial charge in [0.15, 0.2) is 5.75 Å². The Hall–Kier alpha value is -3.69. The van der Waals surface area contributed by atoms with Crippen molar-refractivity contribution < 1.29 is 23.1 Å². The Labute approximate surface area is 169 Å². The molecule has 1 aromatic heterocycles. The van der Waals surface area contributed by atoms with E-state index in [0.717, 1.165) is 0 Å². The van der Waals surface area contributed by atoms with E-state index in [1.54, 1.807) is 0 Å². The summed E-state index contributed by atoms with van der Waals surface area (Å²) in [7, 11) is 3.00. The van der Waals surface area contributed by atoms with E-state index >= 15 is 0 Å². The van der Waals surface area contributed by atoms with Gasteiger partial charge in [0, 0.05) is 21.0 Å². The zero-order valence-electron chi connectivity index (χ0n) is 16.3. The highest BCUT2D eigenvalue weighted by molar-refractivity contribution is 5.99. The molecule has 30 heavy (non-hydrogen) atoms. The average Bonchev–Trinajstić information content (AvgIpc) is 3.20. The van der Waals surface area contributed by atoms with Gasteiger partial charge in [0.1, 0.15) is 23.2 Å². The SMILES string of the molecule is CN(C)C(=O)c1cccc(Nc2c(N[C@@H](c3ccco3)C(C)(F)F)c(=O)c2=O)c1O. The highest BCUT2D eigenvalue weighted by Crippen LogP contribution is 2.37. The minimum absolute atomic E-state index is 0.0318. The third-order valence-electron chi connectivity index (χ3n) is 4.47. The first-order chi connectivity index (χ1) is 14.0. The smallest absolute Gasteiger partial charge is 0.272 e. The average molecular weight is 419 g/mol. The van der Waals surface area contributed by atoms with E-state index in [1.807, 2.05) is 0 Å². The number of nitrogens with one attached hydrogen (secondary N) is 2. The molecule has 0 unspecified atom stereocenters. The molecule has 8 nitrogen and oxygen atoms in total. The monoisotopic (exact) mass is 419 g/mol. The van der Waals surface area contributed by atoms with Crippen molar-refractivity contribution in [3.8, 4) is 5.75 Å². The predicted octanol–water partition coefficient (Wildman–Crippen LogP) is 2.84. The maximum absolute atomic E-state index is 14.1. The summed E-state index contributed by atoms with van der Waals surface area (Å²) >= 11 is 0. The van der Waals surface area contributed by atoms with E-state index in [-0.39, 0.29) is 28.4 Å². The van der Waals surface area contributed by atoms with Crippen molar-refractivity contribution in [2.24, 2.45) is 0 Å². The van der Waals surface area contributed by atoms with E-state index in [0.29, 0.717) is 6.92 Å². The molecular formula is C20H19F2N3O5. The molecule has 3 rings (SSSR count).